The molecule has 0 saturated heterocycles. The molecule has 0 radical (unpaired) electrons. The van der Waals surface area contributed by atoms with Crippen molar-refractivity contribution in [2.24, 2.45) is 5.92 Å². The van der Waals surface area contributed by atoms with E-state index < -0.39 is 5.82 Å². The van der Waals surface area contributed by atoms with Gasteiger partial charge in [0.05, 0.1) is 20.8 Å². The Labute approximate surface area is 217 Å². The number of aryl methyl sites for hydroxylation is 1. The van der Waals surface area contributed by atoms with Crippen LogP contribution >= 0.6 is 0 Å². The molecular formula is C29H35FN2O5. The summed E-state index contributed by atoms with van der Waals surface area (Å²) in [7, 11) is 3.16. The molecule has 1 heterocycles. The van der Waals surface area contributed by atoms with Gasteiger partial charge in [-0.1, -0.05) is 19.9 Å². The molecule has 2 aromatic carbocycles. The minimum Gasteiger partial charge on any atom is -0.493 e. The highest BCUT2D eigenvalue weighted by molar-refractivity contribution is 5.96. The van der Waals surface area contributed by atoms with Crippen LogP contribution in [0.4, 0.5) is 4.39 Å². The van der Waals surface area contributed by atoms with Crippen molar-refractivity contribution in [3.05, 3.63) is 83.1 Å². The van der Waals surface area contributed by atoms with Crippen molar-refractivity contribution in [3.63, 3.8) is 0 Å². The molecule has 0 N–H and O–H groups in total. The molecule has 0 aliphatic heterocycles. The van der Waals surface area contributed by atoms with Crippen LogP contribution in [-0.2, 0) is 17.8 Å². The van der Waals surface area contributed by atoms with E-state index in [1.165, 1.54) is 29.2 Å². The zero-order chi connectivity index (χ0) is 26.9. The summed E-state index contributed by atoms with van der Waals surface area (Å²) in [5, 5.41) is 0. The summed E-state index contributed by atoms with van der Waals surface area (Å²) in [6.07, 6.45) is 0.571. The number of hydrogen-bond donors (Lipinski definition) is 0. The van der Waals surface area contributed by atoms with Crippen molar-refractivity contribution in [2.75, 3.05) is 33.9 Å². The molecule has 3 rings (SSSR count). The molecule has 0 atom stereocenters. The number of methoxy groups -OCH3 is 2. The van der Waals surface area contributed by atoms with Crippen molar-refractivity contribution in [1.29, 1.82) is 0 Å². The number of carbonyl (C=O) groups excluding carboxylic acids is 2. The maximum absolute atomic E-state index is 13.6. The Kier molecular flexibility index (Phi) is 9.71. The highest BCUT2D eigenvalue weighted by atomic mass is 19.1. The van der Waals surface area contributed by atoms with Crippen molar-refractivity contribution >= 4 is 11.8 Å². The fourth-order valence-corrected chi connectivity index (χ4v) is 4.05. The van der Waals surface area contributed by atoms with Crippen LogP contribution in [0.3, 0.4) is 0 Å². The fourth-order valence-electron chi connectivity index (χ4n) is 4.05. The summed E-state index contributed by atoms with van der Waals surface area (Å²) in [6, 6.07) is 14.7. The average Bonchev–Trinajstić information content (AvgIpc) is 3.30. The van der Waals surface area contributed by atoms with E-state index in [4.69, 9.17) is 13.9 Å². The van der Waals surface area contributed by atoms with Crippen LogP contribution in [-0.4, -0.2) is 55.5 Å². The second-order valence-corrected chi connectivity index (χ2v) is 9.35. The Morgan fingerprint density at radius 2 is 1.65 bits per heavy atom. The topological polar surface area (TPSA) is 72.2 Å². The van der Waals surface area contributed by atoms with E-state index in [2.05, 4.69) is 0 Å². The maximum Gasteiger partial charge on any atom is 0.254 e. The van der Waals surface area contributed by atoms with E-state index in [9.17, 15) is 14.0 Å². The standard InChI is InChI=1S/C29H35FN2O5/c1-20(2)17-32(29(34)23-8-10-24(30)11-9-23)19-28(33)31(18-25-12-6-21(3)37-25)15-14-22-7-13-26(35-4)27(16-22)36-5/h6-13,16,20H,14-15,17-19H2,1-5H3. The van der Waals surface area contributed by atoms with Gasteiger partial charge in [0.15, 0.2) is 11.5 Å². The molecular weight excluding hydrogens is 475 g/mol. The summed E-state index contributed by atoms with van der Waals surface area (Å²) in [6.45, 7) is 6.80. The molecule has 0 bridgehead atoms. The first kappa shape index (κ1) is 27.8. The molecule has 1 aromatic heterocycles. The van der Waals surface area contributed by atoms with Gasteiger partial charge in [0.2, 0.25) is 5.91 Å². The number of furan rings is 1. The summed E-state index contributed by atoms with van der Waals surface area (Å²) in [5.74, 6) is 1.89. The molecule has 0 saturated carbocycles. The van der Waals surface area contributed by atoms with Crippen molar-refractivity contribution < 1.29 is 27.9 Å². The normalized spacial score (nSPS) is 10.9. The monoisotopic (exact) mass is 510 g/mol. The van der Waals surface area contributed by atoms with Gasteiger partial charge in [-0.15, -0.1) is 0 Å². The van der Waals surface area contributed by atoms with E-state index in [1.807, 2.05) is 51.1 Å². The van der Waals surface area contributed by atoms with Gasteiger partial charge in [0, 0.05) is 18.7 Å². The van der Waals surface area contributed by atoms with E-state index in [0.29, 0.717) is 42.3 Å². The molecule has 0 fully saturated rings. The number of ether oxygens (including phenoxy) is 2. The van der Waals surface area contributed by atoms with Gasteiger partial charge in [-0.3, -0.25) is 9.59 Å². The molecule has 8 heteroatoms. The van der Waals surface area contributed by atoms with Gasteiger partial charge in [-0.05, 0) is 73.4 Å². The summed E-state index contributed by atoms with van der Waals surface area (Å²) >= 11 is 0. The first-order valence-electron chi connectivity index (χ1n) is 12.3. The van der Waals surface area contributed by atoms with Gasteiger partial charge < -0.3 is 23.7 Å². The smallest absolute Gasteiger partial charge is 0.254 e. The first-order chi connectivity index (χ1) is 17.7. The predicted octanol–water partition coefficient (Wildman–Crippen LogP) is 5.11. The summed E-state index contributed by atoms with van der Waals surface area (Å²) in [5.41, 5.74) is 1.32. The molecule has 0 aliphatic rings. The highest BCUT2D eigenvalue weighted by Crippen LogP contribution is 2.28. The minimum atomic E-state index is -0.418. The van der Waals surface area contributed by atoms with Crippen LogP contribution in [0, 0.1) is 18.7 Å². The molecule has 0 aliphatic carbocycles. The molecule has 2 amide bonds. The van der Waals surface area contributed by atoms with Gasteiger partial charge in [0.25, 0.3) is 5.91 Å². The Bertz CT molecular complexity index is 1190. The number of benzene rings is 2. The van der Waals surface area contributed by atoms with Crippen LogP contribution in [0.5, 0.6) is 11.5 Å². The zero-order valence-corrected chi connectivity index (χ0v) is 22.1. The molecule has 0 spiro atoms. The molecule has 3 aromatic rings. The Morgan fingerprint density at radius 1 is 0.946 bits per heavy atom. The second kappa shape index (κ2) is 12.9. The third-order valence-corrected chi connectivity index (χ3v) is 5.90. The largest absolute Gasteiger partial charge is 0.493 e. The summed E-state index contributed by atoms with van der Waals surface area (Å²) in [4.78, 5) is 30.0. The number of amides is 2. The summed E-state index contributed by atoms with van der Waals surface area (Å²) < 4.78 is 29.8. The van der Waals surface area contributed by atoms with E-state index in [-0.39, 0.29) is 30.8 Å². The quantitative estimate of drug-likeness (QED) is 0.338. The number of carbonyl (C=O) groups is 2. The second-order valence-electron chi connectivity index (χ2n) is 9.35. The van der Waals surface area contributed by atoms with Crippen molar-refractivity contribution in [1.82, 2.24) is 9.80 Å². The lowest BCUT2D eigenvalue weighted by atomic mass is 10.1. The van der Waals surface area contributed by atoms with Crippen LogP contribution < -0.4 is 9.47 Å². The Hall–Kier alpha value is -3.81. The SMILES string of the molecule is COc1ccc(CCN(Cc2ccc(C)o2)C(=O)CN(CC(C)C)C(=O)c2ccc(F)cc2)cc1OC. The molecule has 0 unspecified atom stereocenters. The number of halogens is 1. The fraction of sp³-hybridized carbons (Fsp3) is 0.379. The van der Waals surface area contributed by atoms with Crippen LogP contribution in [0.15, 0.2) is 59.0 Å². The van der Waals surface area contributed by atoms with Crippen molar-refractivity contribution in [3.8, 4) is 11.5 Å². The lowest BCUT2D eigenvalue weighted by Crippen LogP contribution is -2.44. The molecule has 7 nitrogen and oxygen atoms in total. The van der Waals surface area contributed by atoms with Gasteiger partial charge >= 0.3 is 0 Å². The highest BCUT2D eigenvalue weighted by Gasteiger charge is 2.24. The lowest BCUT2D eigenvalue weighted by Gasteiger charge is -2.28. The third-order valence-electron chi connectivity index (χ3n) is 5.90. The molecule has 37 heavy (non-hydrogen) atoms. The van der Waals surface area contributed by atoms with E-state index in [1.54, 1.807) is 19.1 Å². The Morgan fingerprint density at radius 3 is 2.24 bits per heavy atom. The zero-order valence-electron chi connectivity index (χ0n) is 22.1. The van der Waals surface area contributed by atoms with E-state index in [0.717, 1.165) is 11.3 Å². The average molecular weight is 511 g/mol. The number of rotatable bonds is 12. The minimum absolute atomic E-state index is 0.0972. The van der Waals surface area contributed by atoms with Crippen LogP contribution in [0.25, 0.3) is 0 Å². The maximum atomic E-state index is 13.6. The number of nitrogens with zero attached hydrogens (tertiary/aromatic N) is 2. The van der Waals surface area contributed by atoms with E-state index >= 15 is 0 Å². The first-order valence-corrected chi connectivity index (χ1v) is 12.3. The third kappa shape index (κ3) is 7.84. The predicted molar refractivity (Wildman–Crippen MR) is 139 cm³/mol. The van der Waals surface area contributed by atoms with Gasteiger partial charge in [-0.2, -0.15) is 0 Å². The van der Waals surface area contributed by atoms with Crippen molar-refractivity contribution in [2.45, 2.75) is 33.7 Å². The molecule has 198 valence electrons. The lowest BCUT2D eigenvalue weighted by molar-refractivity contribution is -0.132. The van der Waals surface area contributed by atoms with Crippen LogP contribution in [0.1, 0.15) is 41.3 Å². The van der Waals surface area contributed by atoms with Gasteiger partial charge in [-0.25, -0.2) is 4.39 Å². The van der Waals surface area contributed by atoms with Crippen LogP contribution in [0.2, 0.25) is 0 Å². The Balaban J connectivity index is 1.80. The number of hydrogen-bond acceptors (Lipinski definition) is 5. The van der Waals surface area contributed by atoms with Gasteiger partial charge in [0.1, 0.15) is 23.9 Å².